The monoisotopic (exact) mass is 472 g/mol. The molecule has 1 N–H and O–H groups in total. The molecule has 0 amide bonds. The van der Waals surface area contributed by atoms with Crippen LogP contribution in [0.1, 0.15) is 15.6 Å². The summed E-state index contributed by atoms with van der Waals surface area (Å²) in [5.74, 6) is 1.12. The Hall–Kier alpha value is -2.34. The van der Waals surface area contributed by atoms with Gasteiger partial charge < -0.3 is 4.98 Å². The molecule has 7 nitrogen and oxygen atoms in total. The van der Waals surface area contributed by atoms with E-state index in [0.717, 1.165) is 26.8 Å². The van der Waals surface area contributed by atoms with Crippen LogP contribution >= 0.6 is 45.8 Å². The first-order valence-electron chi connectivity index (χ1n) is 9.16. The van der Waals surface area contributed by atoms with Gasteiger partial charge in [0.2, 0.25) is 5.16 Å². The number of H-pyrrole nitrogens is 1. The summed E-state index contributed by atoms with van der Waals surface area (Å²) in [4.78, 5) is 24.8. The number of aromatic nitrogens is 6. The van der Waals surface area contributed by atoms with Crippen LogP contribution in [0.4, 0.5) is 0 Å². The smallest absolute Gasteiger partial charge is 0.260 e. The van der Waals surface area contributed by atoms with E-state index in [0.29, 0.717) is 23.5 Å². The van der Waals surface area contributed by atoms with E-state index < -0.39 is 0 Å². The largest absolute Gasteiger partial charge is 0.309 e. The molecule has 5 rings (SSSR count). The Morgan fingerprint density at radius 1 is 1.23 bits per heavy atom. The van der Waals surface area contributed by atoms with Crippen LogP contribution in [0.2, 0.25) is 0 Å². The molecule has 152 valence electrons. The Balaban J connectivity index is 1.33. The average Bonchev–Trinajstić information content (AvgIpc) is 3.51. The summed E-state index contributed by atoms with van der Waals surface area (Å²) in [5.41, 5.74) is 0.855. The standard InChI is InChI=1S/C19H16N6OS4/c1-11-4-5-14(30-11)13-9-28-18-16(13)17(26)20-15(21-18)10-29-19-22-23-24-25(19)7-6-12-3-2-8-27-12/h2-5,8-9H,6-7,10H2,1H3,(H,20,21,26). The lowest BCUT2D eigenvalue weighted by molar-refractivity contribution is 0.550. The molecule has 0 aliphatic rings. The van der Waals surface area contributed by atoms with Gasteiger partial charge in [0.05, 0.1) is 17.7 Å². The maximum atomic E-state index is 12.8. The van der Waals surface area contributed by atoms with Crippen LogP contribution in [0.15, 0.2) is 45.0 Å². The number of hydrogen-bond acceptors (Lipinski definition) is 9. The van der Waals surface area contributed by atoms with Gasteiger partial charge in [-0.1, -0.05) is 17.8 Å². The number of aromatic amines is 1. The number of nitrogens with one attached hydrogen (secondary N) is 1. The minimum Gasteiger partial charge on any atom is -0.309 e. The van der Waals surface area contributed by atoms with E-state index in [1.54, 1.807) is 27.4 Å². The number of fused-ring (bicyclic) bond motifs is 1. The molecule has 5 aromatic heterocycles. The molecule has 30 heavy (non-hydrogen) atoms. The van der Waals surface area contributed by atoms with Crippen molar-refractivity contribution in [3.63, 3.8) is 0 Å². The van der Waals surface area contributed by atoms with Crippen LogP contribution in [0.3, 0.4) is 0 Å². The van der Waals surface area contributed by atoms with E-state index in [-0.39, 0.29) is 5.56 Å². The van der Waals surface area contributed by atoms with Gasteiger partial charge in [-0.05, 0) is 40.9 Å². The summed E-state index contributed by atoms with van der Waals surface area (Å²) in [6.07, 6.45) is 0.886. The maximum absolute atomic E-state index is 12.8. The van der Waals surface area contributed by atoms with Crippen LogP contribution in [-0.2, 0) is 18.7 Å². The molecule has 0 spiro atoms. The molecule has 0 aromatic carbocycles. The molecule has 0 fully saturated rings. The van der Waals surface area contributed by atoms with Crippen molar-refractivity contribution in [1.29, 1.82) is 0 Å². The van der Waals surface area contributed by atoms with Crippen LogP contribution in [0.25, 0.3) is 20.7 Å². The average molecular weight is 473 g/mol. The van der Waals surface area contributed by atoms with Crippen LogP contribution < -0.4 is 5.56 Å². The third-order valence-electron chi connectivity index (χ3n) is 4.49. The Kier molecular flexibility index (Phi) is 5.50. The summed E-state index contributed by atoms with van der Waals surface area (Å²) in [7, 11) is 0. The fourth-order valence-electron chi connectivity index (χ4n) is 3.07. The molecule has 0 aliphatic heterocycles. The highest BCUT2D eigenvalue weighted by Crippen LogP contribution is 2.35. The number of thiophene rings is 3. The molecular formula is C19H16N6OS4. The molecule has 0 saturated carbocycles. The molecule has 0 bridgehead atoms. The summed E-state index contributed by atoms with van der Waals surface area (Å²) < 4.78 is 1.80. The Bertz CT molecular complexity index is 1350. The molecule has 0 aliphatic carbocycles. The lowest BCUT2D eigenvalue weighted by Crippen LogP contribution is -2.11. The van der Waals surface area contributed by atoms with Crippen molar-refractivity contribution < 1.29 is 0 Å². The predicted molar refractivity (Wildman–Crippen MR) is 124 cm³/mol. The van der Waals surface area contributed by atoms with Crippen LogP contribution in [0.5, 0.6) is 0 Å². The quantitative estimate of drug-likeness (QED) is 0.348. The molecule has 5 heterocycles. The van der Waals surface area contributed by atoms with E-state index in [1.165, 1.54) is 32.9 Å². The van der Waals surface area contributed by atoms with Crippen LogP contribution in [-0.4, -0.2) is 30.2 Å². The van der Waals surface area contributed by atoms with Crippen LogP contribution in [0, 0.1) is 6.92 Å². The van der Waals surface area contributed by atoms with E-state index in [4.69, 9.17) is 0 Å². The van der Waals surface area contributed by atoms with Crippen molar-refractivity contribution in [2.24, 2.45) is 0 Å². The first-order valence-corrected chi connectivity index (χ1v) is 12.7. The van der Waals surface area contributed by atoms with E-state index in [2.05, 4.69) is 56.0 Å². The lowest BCUT2D eigenvalue weighted by atomic mass is 10.2. The summed E-state index contributed by atoms with van der Waals surface area (Å²) in [6, 6.07) is 8.28. The molecule has 11 heteroatoms. The van der Waals surface area contributed by atoms with Crippen molar-refractivity contribution in [3.8, 4) is 10.4 Å². The number of rotatable bonds is 7. The molecule has 0 unspecified atom stereocenters. The van der Waals surface area contributed by atoms with E-state index in [9.17, 15) is 4.79 Å². The fraction of sp³-hybridized carbons (Fsp3) is 0.211. The fourth-order valence-corrected chi connectivity index (χ4v) is 6.46. The molecule has 0 radical (unpaired) electrons. The number of hydrogen-bond donors (Lipinski definition) is 1. The van der Waals surface area contributed by atoms with Crippen molar-refractivity contribution in [2.75, 3.05) is 0 Å². The van der Waals surface area contributed by atoms with Gasteiger partial charge in [-0.2, -0.15) is 0 Å². The van der Waals surface area contributed by atoms with Gasteiger partial charge in [0.1, 0.15) is 10.7 Å². The zero-order chi connectivity index (χ0) is 20.5. The Labute approximate surface area is 187 Å². The van der Waals surface area contributed by atoms with Crippen molar-refractivity contribution in [3.05, 3.63) is 61.0 Å². The highest BCUT2D eigenvalue weighted by molar-refractivity contribution is 7.98. The maximum Gasteiger partial charge on any atom is 0.260 e. The van der Waals surface area contributed by atoms with Gasteiger partial charge in [-0.3, -0.25) is 4.79 Å². The van der Waals surface area contributed by atoms with Gasteiger partial charge in [-0.15, -0.1) is 39.1 Å². The van der Waals surface area contributed by atoms with Gasteiger partial charge in [-0.25, -0.2) is 9.67 Å². The van der Waals surface area contributed by atoms with Gasteiger partial charge in [0.25, 0.3) is 5.56 Å². The minimum atomic E-state index is -0.102. The number of nitrogens with zero attached hydrogens (tertiary/aromatic N) is 5. The third-order valence-corrected chi connectivity index (χ3v) is 8.30. The second kappa shape index (κ2) is 8.42. The SMILES string of the molecule is Cc1ccc(-c2csc3nc(CSc4nnnn4CCc4cccs4)[nH]c(=O)c23)s1. The van der Waals surface area contributed by atoms with E-state index in [1.807, 2.05) is 11.4 Å². The van der Waals surface area contributed by atoms with E-state index >= 15 is 0 Å². The zero-order valence-corrected chi connectivity index (χ0v) is 19.1. The molecule has 0 atom stereocenters. The minimum absolute atomic E-state index is 0.102. The number of aryl methyl sites for hydroxylation is 3. The number of thioether (sulfide) groups is 1. The Morgan fingerprint density at radius 3 is 2.97 bits per heavy atom. The van der Waals surface area contributed by atoms with Gasteiger partial charge >= 0.3 is 0 Å². The lowest BCUT2D eigenvalue weighted by Gasteiger charge is -2.04. The topological polar surface area (TPSA) is 89.3 Å². The molecule has 0 saturated heterocycles. The van der Waals surface area contributed by atoms with Gasteiger partial charge in [0, 0.05) is 32.0 Å². The summed E-state index contributed by atoms with van der Waals surface area (Å²) in [6.45, 7) is 2.78. The summed E-state index contributed by atoms with van der Waals surface area (Å²) in [5, 5.41) is 17.5. The second-order valence-electron chi connectivity index (χ2n) is 6.56. The second-order valence-corrected chi connectivity index (χ2v) is 10.7. The van der Waals surface area contributed by atoms with Crippen molar-refractivity contribution >= 4 is 56.0 Å². The highest BCUT2D eigenvalue weighted by Gasteiger charge is 2.15. The summed E-state index contributed by atoms with van der Waals surface area (Å²) >= 11 is 6.39. The molecular weight excluding hydrogens is 457 g/mol. The van der Waals surface area contributed by atoms with Gasteiger partial charge in [0.15, 0.2) is 0 Å². The highest BCUT2D eigenvalue weighted by atomic mass is 32.2. The third kappa shape index (κ3) is 3.97. The first-order chi connectivity index (χ1) is 14.7. The number of tetrazole rings is 1. The first kappa shape index (κ1) is 19.6. The van der Waals surface area contributed by atoms with Crippen molar-refractivity contribution in [2.45, 2.75) is 30.8 Å². The normalized spacial score (nSPS) is 11.5. The predicted octanol–water partition coefficient (Wildman–Crippen LogP) is 4.60. The van der Waals surface area contributed by atoms with Crippen molar-refractivity contribution in [1.82, 2.24) is 30.2 Å². The molecule has 5 aromatic rings. The Morgan fingerprint density at radius 2 is 2.17 bits per heavy atom. The zero-order valence-electron chi connectivity index (χ0n) is 15.9.